The van der Waals surface area contributed by atoms with E-state index in [1.807, 2.05) is 6.07 Å². The van der Waals surface area contributed by atoms with Gasteiger partial charge in [-0.05, 0) is 31.4 Å². The normalized spacial score (nSPS) is 16.6. The second-order valence-electron chi connectivity index (χ2n) is 6.53. The zero-order valence-electron chi connectivity index (χ0n) is 16.1. The zero-order chi connectivity index (χ0) is 19.8. The SMILES string of the molecule is C=CCc1cc(C(=O)N2CCCC(C(=O)NCCN)C2)cc(OC)c1OC. The molecule has 0 bridgehead atoms. The molecule has 2 amide bonds. The van der Waals surface area contributed by atoms with Crippen molar-refractivity contribution in [2.24, 2.45) is 11.7 Å². The molecule has 1 aromatic rings. The van der Waals surface area contributed by atoms with Crippen LogP contribution in [0, 0.1) is 5.92 Å². The molecule has 1 atom stereocenters. The first kappa shape index (κ1) is 20.8. The van der Waals surface area contributed by atoms with Crippen LogP contribution in [0.4, 0.5) is 0 Å². The van der Waals surface area contributed by atoms with Gasteiger partial charge in [0.1, 0.15) is 0 Å². The number of piperidine rings is 1. The lowest BCUT2D eigenvalue weighted by atomic mass is 9.96. The average Bonchev–Trinajstić information content (AvgIpc) is 2.71. The van der Waals surface area contributed by atoms with Crippen LogP contribution >= 0.6 is 0 Å². The summed E-state index contributed by atoms with van der Waals surface area (Å²) < 4.78 is 10.8. The summed E-state index contributed by atoms with van der Waals surface area (Å²) in [6, 6.07) is 3.50. The lowest BCUT2D eigenvalue weighted by Gasteiger charge is -2.32. The van der Waals surface area contributed by atoms with Gasteiger partial charge in [0, 0.05) is 37.3 Å². The number of amides is 2. The third-order valence-electron chi connectivity index (χ3n) is 4.69. The van der Waals surface area contributed by atoms with E-state index < -0.39 is 0 Å². The maximum absolute atomic E-state index is 13.1. The van der Waals surface area contributed by atoms with Crippen LogP contribution in [-0.2, 0) is 11.2 Å². The van der Waals surface area contributed by atoms with Gasteiger partial charge in [-0.1, -0.05) is 6.08 Å². The second kappa shape index (κ2) is 9.97. The molecular formula is C20H29N3O4. The fraction of sp³-hybridized carbons (Fsp3) is 0.500. The number of ether oxygens (including phenoxy) is 2. The van der Waals surface area contributed by atoms with E-state index in [1.54, 1.807) is 31.3 Å². The van der Waals surface area contributed by atoms with Gasteiger partial charge in [-0.15, -0.1) is 6.58 Å². The zero-order valence-corrected chi connectivity index (χ0v) is 16.1. The number of carbonyl (C=O) groups excluding carboxylic acids is 2. The van der Waals surface area contributed by atoms with E-state index in [9.17, 15) is 9.59 Å². The molecule has 1 heterocycles. The summed E-state index contributed by atoms with van der Waals surface area (Å²) in [5.74, 6) is 0.748. The minimum Gasteiger partial charge on any atom is -0.493 e. The van der Waals surface area contributed by atoms with Crippen molar-refractivity contribution in [3.63, 3.8) is 0 Å². The molecule has 0 radical (unpaired) electrons. The highest BCUT2D eigenvalue weighted by Crippen LogP contribution is 2.34. The first-order valence-electron chi connectivity index (χ1n) is 9.18. The van der Waals surface area contributed by atoms with Crippen LogP contribution in [0.15, 0.2) is 24.8 Å². The van der Waals surface area contributed by atoms with Gasteiger partial charge in [-0.25, -0.2) is 0 Å². The van der Waals surface area contributed by atoms with Gasteiger partial charge in [0.05, 0.1) is 20.1 Å². The van der Waals surface area contributed by atoms with E-state index in [0.717, 1.165) is 18.4 Å². The molecule has 7 heteroatoms. The lowest BCUT2D eigenvalue weighted by molar-refractivity contribution is -0.126. The maximum Gasteiger partial charge on any atom is 0.254 e. The van der Waals surface area contributed by atoms with Crippen LogP contribution in [0.2, 0.25) is 0 Å². The van der Waals surface area contributed by atoms with Crippen molar-refractivity contribution < 1.29 is 19.1 Å². The highest BCUT2D eigenvalue weighted by molar-refractivity contribution is 5.96. The number of benzene rings is 1. The molecule has 0 aliphatic carbocycles. The van der Waals surface area contributed by atoms with E-state index in [0.29, 0.717) is 49.7 Å². The number of hydrogen-bond acceptors (Lipinski definition) is 5. The molecule has 1 unspecified atom stereocenters. The number of hydrogen-bond donors (Lipinski definition) is 2. The van der Waals surface area contributed by atoms with Crippen LogP contribution in [0.3, 0.4) is 0 Å². The largest absolute Gasteiger partial charge is 0.493 e. The van der Waals surface area contributed by atoms with Crippen molar-refractivity contribution in [2.75, 3.05) is 40.4 Å². The van der Waals surface area contributed by atoms with E-state index in [2.05, 4.69) is 11.9 Å². The Labute approximate surface area is 160 Å². The van der Waals surface area contributed by atoms with E-state index in [-0.39, 0.29) is 17.7 Å². The summed E-state index contributed by atoms with van der Waals surface area (Å²) in [7, 11) is 3.11. The number of nitrogens with zero attached hydrogens (tertiary/aromatic N) is 1. The minimum absolute atomic E-state index is 0.0439. The smallest absolute Gasteiger partial charge is 0.254 e. The van der Waals surface area contributed by atoms with Gasteiger partial charge in [0.2, 0.25) is 5.91 Å². The fourth-order valence-corrected chi connectivity index (χ4v) is 3.37. The van der Waals surface area contributed by atoms with Crippen molar-refractivity contribution in [2.45, 2.75) is 19.3 Å². The molecule has 0 aromatic heterocycles. The Morgan fingerprint density at radius 2 is 2.15 bits per heavy atom. The number of methoxy groups -OCH3 is 2. The summed E-state index contributed by atoms with van der Waals surface area (Å²) in [6.07, 6.45) is 3.88. The molecule has 1 aromatic carbocycles. The van der Waals surface area contributed by atoms with Crippen molar-refractivity contribution >= 4 is 11.8 Å². The molecule has 27 heavy (non-hydrogen) atoms. The molecule has 1 saturated heterocycles. The van der Waals surface area contributed by atoms with Gasteiger partial charge in [0.15, 0.2) is 11.5 Å². The highest BCUT2D eigenvalue weighted by atomic mass is 16.5. The Kier molecular flexibility index (Phi) is 7.67. The van der Waals surface area contributed by atoms with E-state index >= 15 is 0 Å². The minimum atomic E-state index is -0.206. The molecule has 0 saturated carbocycles. The lowest BCUT2D eigenvalue weighted by Crippen LogP contribution is -2.46. The summed E-state index contributed by atoms with van der Waals surface area (Å²) in [6.45, 7) is 5.64. The van der Waals surface area contributed by atoms with Gasteiger partial charge >= 0.3 is 0 Å². The third-order valence-corrected chi connectivity index (χ3v) is 4.69. The Bertz CT molecular complexity index is 690. The number of likely N-dealkylation sites (tertiary alicyclic amines) is 1. The van der Waals surface area contributed by atoms with Crippen molar-refractivity contribution in [3.8, 4) is 11.5 Å². The summed E-state index contributed by atoms with van der Waals surface area (Å²) in [4.78, 5) is 27.0. The number of nitrogens with two attached hydrogens (primary N) is 1. The number of nitrogens with one attached hydrogen (secondary N) is 1. The van der Waals surface area contributed by atoms with Crippen molar-refractivity contribution in [1.82, 2.24) is 10.2 Å². The summed E-state index contributed by atoms with van der Waals surface area (Å²) in [5, 5.41) is 2.81. The van der Waals surface area contributed by atoms with Crippen LogP contribution in [-0.4, -0.2) is 57.1 Å². The molecule has 0 spiro atoms. The Morgan fingerprint density at radius 1 is 1.37 bits per heavy atom. The van der Waals surface area contributed by atoms with E-state index in [4.69, 9.17) is 15.2 Å². The average molecular weight is 375 g/mol. The van der Waals surface area contributed by atoms with Gasteiger partial charge in [-0.2, -0.15) is 0 Å². The molecule has 1 aliphatic heterocycles. The molecular weight excluding hydrogens is 346 g/mol. The van der Waals surface area contributed by atoms with Crippen LogP contribution in [0.25, 0.3) is 0 Å². The first-order chi connectivity index (χ1) is 13.0. The summed E-state index contributed by atoms with van der Waals surface area (Å²) >= 11 is 0. The van der Waals surface area contributed by atoms with Crippen LogP contribution in [0.1, 0.15) is 28.8 Å². The third kappa shape index (κ3) is 5.01. The molecule has 1 fully saturated rings. The predicted molar refractivity (Wildman–Crippen MR) is 104 cm³/mol. The van der Waals surface area contributed by atoms with Crippen LogP contribution < -0.4 is 20.5 Å². The maximum atomic E-state index is 13.1. The first-order valence-corrected chi connectivity index (χ1v) is 9.18. The fourth-order valence-electron chi connectivity index (χ4n) is 3.37. The van der Waals surface area contributed by atoms with Crippen molar-refractivity contribution in [3.05, 3.63) is 35.9 Å². The number of carbonyl (C=O) groups is 2. The monoisotopic (exact) mass is 375 g/mol. The van der Waals surface area contributed by atoms with Crippen LogP contribution in [0.5, 0.6) is 11.5 Å². The molecule has 148 valence electrons. The predicted octanol–water partition coefficient (Wildman–Crippen LogP) is 1.36. The summed E-state index contributed by atoms with van der Waals surface area (Å²) in [5.41, 5.74) is 6.80. The Morgan fingerprint density at radius 3 is 2.78 bits per heavy atom. The second-order valence-corrected chi connectivity index (χ2v) is 6.53. The molecule has 7 nitrogen and oxygen atoms in total. The molecule has 1 aliphatic rings. The standard InChI is InChI=1S/C20H29N3O4/c1-4-6-14-11-16(12-17(26-2)18(14)27-3)20(25)23-10-5-7-15(13-23)19(24)22-9-8-21/h4,11-12,15H,1,5-10,13,21H2,2-3H3,(H,22,24). The Hall–Kier alpha value is -2.54. The Balaban J connectivity index is 2.22. The molecule has 2 rings (SSSR count). The topological polar surface area (TPSA) is 93.9 Å². The number of rotatable bonds is 8. The number of allylic oxidation sites excluding steroid dienone is 1. The van der Waals surface area contributed by atoms with Gasteiger partial charge in [0.25, 0.3) is 5.91 Å². The quantitative estimate of drug-likeness (QED) is 0.669. The van der Waals surface area contributed by atoms with Gasteiger partial charge < -0.3 is 25.4 Å². The highest BCUT2D eigenvalue weighted by Gasteiger charge is 2.29. The van der Waals surface area contributed by atoms with Crippen molar-refractivity contribution in [1.29, 1.82) is 0 Å². The van der Waals surface area contributed by atoms with Gasteiger partial charge in [-0.3, -0.25) is 9.59 Å². The van der Waals surface area contributed by atoms with E-state index in [1.165, 1.54) is 0 Å². The molecule has 3 N–H and O–H groups in total.